The molecule has 1 aromatic heterocycles. The van der Waals surface area contributed by atoms with E-state index in [2.05, 4.69) is 57.9 Å². The normalized spacial score (nSPS) is 14.5. The molecule has 8 heteroatoms. The molecule has 3 rings (SSSR count). The van der Waals surface area contributed by atoms with Crippen molar-refractivity contribution in [1.82, 2.24) is 20.1 Å². The summed E-state index contributed by atoms with van der Waals surface area (Å²) in [5.41, 5.74) is 2.31. The number of anilines is 1. The van der Waals surface area contributed by atoms with Crippen LogP contribution in [0.2, 0.25) is 0 Å². The molecule has 7 nitrogen and oxygen atoms in total. The lowest BCUT2D eigenvalue weighted by Gasteiger charge is -2.28. The first kappa shape index (κ1) is 20.7. The molecule has 2 aromatic rings. The number of thioether (sulfide) groups is 1. The van der Waals surface area contributed by atoms with Crippen LogP contribution in [0.4, 0.5) is 5.95 Å². The van der Waals surface area contributed by atoms with Crippen molar-refractivity contribution in [2.24, 2.45) is 5.92 Å². The zero-order chi connectivity index (χ0) is 19.9. The highest BCUT2D eigenvalue weighted by Crippen LogP contribution is 2.24. The molecule has 1 aliphatic rings. The highest BCUT2D eigenvalue weighted by atomic mass is 32.2. The lowest BCUT2D eigenvalue weighted by atomic mass is 10.1. The fraction of sp³-hybridized carbons (Fsp3) is 0.550. The van der Waals surface area contributed by atoms with E-state index in [-0.39, 0.29) is 5.91 Å². The van der Waals surface area contributed by atoms with E-state index >= 15 is 0 Å². The van der Waals surface area contributed by atoms with Crippen LogP contribution in [0.15, 0.2) is 29.4 Å². The van der Waals surface area contributed by atoms with Gasteiger partial charge in [0.15, 0.2) is 5.16 Å². The number of amides is 1. The van der Waals surface area contributed by atoms with Crippen molar-refractivity contribution in [2.45, 2.75) is 39.0 Å². The summed E-state index contributed by atoms with van der Waals surface area (Å²) in [6.07, 6.45) is 0. The number of benzene rings is 1. The molecule has 0 unspecified atom stereocenters. The lowest BCUT2D eigenvalue weighted by molar-refractivity contribution is -0.118. The average Bonchev–Trinajstić information content (AvgIpc) is 3.08. The number of carbonyl (C=O) groups is 1. The molecule has 1 amide bonds. The maximum Gasteiger partial charge on any atom is 0.230 e. The second kappa shape index (κ2) is 9.93. The first-order valence-electron chi connectivity index (χ1n) is 9.74. The van der Waals surface area contributed by atoms with Gasteiger partial charge >= 0.3 is 0 Å². The summed E-state index contributed by atoms with van der Waals surface area (Å²) >= 11 is 1.44. The van der Waals surface area contributed by atoms with Gasteiger partial charge in [-0.05, 0) is 18.4 Å². The Labute approximate surface area is 170 Å². The van der Waals surface area contributed by atoms with Gasteiger partial charge in [0.05, 0.1) is 19.0 Å². The smallest absolute Gasteiger partial charge is 0.230 e. The standard InChI is InChI=1S/C20H29N5O2S/c1-15(2)13-25-19(24-8-10-27-11-9-24)22-23-20(25)28-14-18(26)21-12-17-6-4-16(3)5-7-17/h4-7,15H,8-14H2,1-3H3,(H,21,26). The van der Waals surface area contributed by atoms with Crippen molar-refractivity contribution in [3.8, 4) is 0 Å². The fourth-order valence-electron chi connectivity index (χ4n) is 3.00. The van der Waals surface area contributed by atoms with Crippen molar-refractivity contribution in [2.75, 3.05) is 37.0 Å². The van der Waals surface area contributed by atoms with Gasteiger partial charge in [-0.25, -0.2) is 0 Å². The van der Waals surface area contributed by atoms with Crippen LogP contribution in [-0.2, 0) is 22.6 Å². The summed E-state index contributed by atoms with van der Waals surface area (Å²) < 4.78 is 7.57. The first-order valence-corrected chi connectivity index (χ1v) is 10.7. The topological polar surface area (TPSA) is 72.3 Å². The van der Waals surface area contributed by atoms with Crippen LogP contribution in [0.3, 0.4) is 0 Å². The molecule has 0 saturated carbocycles. The Morgan fingerprint density at radius 3 is 2.61 bits per heavy atom. The molecule has 0 radical (unpaired) electrons. The van der Waals surface area contributed by atoms with Crippen molar-refractivity contribution < 1.29 is 9.53 Å². The second-order valence-corrected chi connectivity index (χ2v) is 8.38. The summed E-state index contributed by atoms with van der Waals surface area (Å²) in [6, 6.07) is 8.18. The largest absolute Gasteiger partial charge is 0.378 e. The highest BCUT2D eigenvalue weighted by molar-refractivity contribution is 7.99. The van der Waals surface area contributed by atoms with E-state index in [1.54, 1.807) is 0 Å². The summed E-state index contributed by atoms with van der Waals surface area (Å²) in [5, 5.41) is 12.5. The maximum atomic E-state index is 12.3. The molecule has 1 fully saturated rings. The number of nitrogens with one attached hydrogen (secondary N) is 1. The fourth-order valence-corrected chi connectivity index (χ4v) is 3.77. The number of aromatic nitrogens is 3. The Balaban J connectivity index is 1.58. The number of morpholine rings is 1. The van der Waals surface area contributed by atoms with Crippen LogP contribution in [-0.4, -0.2) is 52.7 Å². The monoisotopic (exact) mass is 403 g/mol. The number of ether oxygens (including phenoxy) is 1. The predicted molar refractivity (Wildman–Crippen MR) is 112 cm³/mol. The Kier molecular flexibility index (Phi) is 7.33. The van der Waals surface area contributed by atoms with E-state index in [1.165, 1.54) is 17.3 Å². The average molecular weight is 404 g/mol. The van der Waals surface area contributed by atoms with Crippen molar-refractivity contribution >= 4 is 23.6 Å². The van der Waals surface area contributed by atoms with Gasteiger partial charge < -0.3 is 15.0 Å². The zero-order valence-corrected chi connectivity index (χ0v) is 17.7. The predicted octanol–water partition coefficient (Wildman–Crippen LogP) is 2.49. The second-order valence-electron chi connectivity index (χ2n) is 7.44. The molecule has 0 bridgehead atoms. The van der Waals surface area contributed by atoms with Gasteiger partial charge in [-0.2, -0.15) is 0 Å². The van der Waals surface area contributed by atoms with Crippen molar-refractivity contribution in [3.63, 3.8) is 0 Å². The van der Waals surface area contributed by atoms with E-state index in [4.69, 9.17) is 4.74 Å². The Hall–Kier alpha value is -2.06. The number of nitrogens with zero attached hydrogens (tertiary/aromatic N) is 4. The van der Waals surface area contributed by atoms with Crippen LogP contribution < -0.4 is 10.2 Å². The molecule has 152 valence electrons. The number of carbonyl (C=O) groups excluding carboxylic acids is 1. The summed E-state index contributed by atoms with van der Waals surface area (Å²) in [6.45, 7) is 10.8. The zero-order valence-electron chi connectivity index (χ0n) is 16.9. The van der Waals surface area contributed by atoms with Crippen molar-refractivity contribution in [1.29, 1.82) is 0 Å². The first-order chi connectivity index (χ1) is 13.5. The SMILES string of the molecule is Cc1ccc(CNC(=O)CSc2nnc(N3CCOCC3)n2CC(C)C)cc1. The van der Waals surface area contributed by atoms with Gasteiger partial charge in [-0.3, -0.25) is 9.36 Å². The molecule has 0 spiro atoms. The van der Waals surface area contributed by atoms with E-state index in [0.29, 0.717) is 31.4 Å². The Bertz CT molecular complexity index is 769. The number of rotatable bonds is 8. The van der Waals surface area contributed by atoms with Crippen LogP contribution >= 0.6 is 11.8 Å². The van der Waals surface area contributed by atoms with Gasteiger partial charge in [-0.1, -0.05) is 55.4 Å². The molecule has 0 aliphatic carbocycles. The Morgan fingerprint density at radius 1 is 1.21 bits per heavy atom. The van der Waals surface area contributed by atoms with E-state index in [0.717, 1.165) is 36.3 Å². The molecule has 1 saturated heterocycles. The number of hydrogen-bond acceptors (Lipinski definition) is 6. The van der Waals surface area contributed by atoms with E-state index < -0.39 is 0 Å². The minimum atomic E-state index is -0.00223. The van der Waals surface area contributed by atoms with Gasteiger partial charge in [0, 0.05) is 26.2 Å². The Morgan fingerprint density at radius 2 is 1.93 bits per heavy atom. The summed E-state index contributed by atoms with van der Waals surface area (Å²) in [5.74, 6) is 1.66. The van der Waals surface area contributed by atoms with Gasteiger partial charge in [0.25, 0.3) is 0 Å². The van der Waals surface area contributed by atoms with Gasteiger partial charge in [-0.15, -0.1) is 10.2 Å². The number of aryl methyl sites for hydroxylation is 1. The van der Waals surface area contributed by atoms with Crippen LogP contribution in [0, 0.1) is 12.8 Å². The molecule has 1 aliphatic heterocycles. The summed E-state index contributed by atoms with van der Waals surface area (Å²) in [7, 11) is 0. The van der Waals surface area contributed by atoms with E-state index in [9.17, 15) is 4.79 Å². The van der Waals surface area contributed by atoms with Gasteiger partial charge in [0.2, 0.25) is 11.9 Å². The highest BCUT2D eigenvalue weighted by Gasteiger charge is 2.21. The minimum absolute atomic E-state index is 0.00223. The molecule has 1 aromatic carbocycles. The third kappa shape index (κ3) is 5.72. The number of hydrogen-bond donors (Lipinski definition) is 1. The van der Waals surface area contributed by atoms with Gasteiger partial charge in [0.1, 0.15) is 0 Å². The van der Waals surface area contributed by atoms with Crippen LogP contribution in [0.1, 0.15) is 25.0 Å². The third-order valence-electron chi connectivity index (χ3n) is 4.48. The molecular weight excluding hydrogens is 374 g/mol. The lowest BCUT2D eigenvalue weighted by Crippen LogP contribution is -2.38. The molecule has 1 N–H and O–H groups in total. The molecule has 2 heterocycles. The quantitative estimate of drug-likeness (QED) is 0.683. The molecule has 0 atom stereocenters. The molecule has 28 heavy (non-hydrogen) atoms. The minimum Gasteiger partial charge on any atom is -0.378 e. The van der Waals surface area contributed by atoms with E-state index in [1.807, 2.05) is 12.1 Å². The van der Waals surface area contributed by atoms with Crippen LogP contribution in [0.25, 0.3) is 0 Å². The maximum absolute atomic E-state index is 12.3. The summed E-state index contributed by atoms with van der Waals surface area (Å²) in [4.78, 5) is 14.5. The molecular formula is C20H29N5O2S. The van der Waals surface area contributed by atoms with Crippen molar-refractivity contribution in [3.05, 3.63) is 35.4 Å². The third-order valence-corrected chi connectivity index (χ3v) is 5.45. The van der Waals surface area contributed by atoms with Crippen LogP contribution in [0.5, 0.6) is 0 Å².